The molecule has 22 heavy (non-hydrogen) atoms. The molecule has 0 saturated heterocycles. The summed E-state index contributed by atoms with van der Waals surface area (Å²) < 4.78 is 6.40. The van der Waals surface area contributed by atoms with Crippen molar-refractivity contribution in [2.45, 2.75) is 6.04 Å². The lowest BCUT2D eigenvalue weighted by Crippen LogP contribution is -2.13. The third-order valence-corrected chi connectivity index (χ3v) is 4.07. The molecule has 0 radical (unpaired) electrons. The van der Waals surface area contributed by atoms with Gasteiger partial charge < -0.3 is 10.5 Å². The molecule has 0 aliphatic rings. The van der Waals surface area contributed by atoms with Gasteiger partial charge in [-0.3, -0.25) is 5.10 Å². The number of nitrogens with two attached hydrogens (primary N) is 1. The van der Waals surface area contributed by atoms with E-state index >= 15 is 0 Å². The Balaban J connectivity index is 1.87. The minimum atomic E-state index is -0.375. The van der Waals surface area contributed by atoms with Crippen LogP contribution in [0.2, 0.25) is 0 Å². The number of hydrogen-bond donors (Lipinski definition) is 2. The molecular weight excluding hydrogens is 391 g/mol. The van der Waals surface area contributed by atoms with Crippen molar-refractivity contribution < 1.29 is 4.74 Å². The van der Waals surface area contributed by atoms with Crippen LogP contribution in [0.25, 0.3) is 11.4 Å². The van der Waals surface area contributed by atoms with E-state index in [1.165, 1.54) is 3.57 Å². The fraction of sp³-hybridized carbons (Fsp3) is 0.125. The molecule has 1 aromatic heterocycles. The second kappa shape index (κ2) is 6.45. The molecule has 0 amide bonds. The molecule has 6 heteroatoms. The number of nitrogens with zero attached hydrogens (tertiary/aromatic N) is 2. The van der Waals surface area contributed by atoms with Gasteiger partial charge in [-0.15, -0.1) is 0 Å². The third kappa shape index (κ3) is 3.12. The van der Waals surface area contributed by atoms with Crippen molar-refractivity contribution in [2.75, 3.05) is 7.11 Å². The molecule has 1 heterocycles. The monoisotopic (exact) mass is 406 g/mol. The van der Waals surface area contributed by atoms with Crippen LogP contribution in [0.15, 0.2) is 48.5 Å². The molecule has 0 spiro atoms. The fourth-order valence-electron chi connectivity index (χ4n) is 2.13. The maximum absolute atomic E-state index is 6.26. The van der Waals surface area contributed by atoms with Crippen molar-refractivity contribution in [1.29, 1.82) is 0 Å². The lowest BCUT2D eigenvalue weighted by atomic mass is 10.1. The highest BCUT2D eigenvalue weighted by Crippen LogP contribution is 2.23. The predicted octanol–water partition coefficient (Wildman–Crippen LogP) is 3.13. The number of aromatic nitrogens is 3. The molecule has 3 N–H and O–H groups in total. The zero-order valence-electron chi connectivity index (χ0n) is 12.0. The topological polar surface area (TPSA) is 76.8 Å². The van der Waals surface area contributed by atoms with E-state index in [0.717, 1.165) is 16.9 Å². The van der Waals surface area contributed by atoms with Gasteiger partial charge in [0.15, 0.2) is 5.82 Å². The summed E-state index contributed by atoms with van der Waals surface area (Å²) in [6, 6.07) is 15.3. The zero-order chi connectivity index (χ0) is 15.5. The minimum absolute atomic E-state index is 0.375. The van der Waals surface area contributed by atoms with E-state index in [0.29, 0.717) is 11.6 Å². The zero-order valence-corrected chi connectivity index (χ0v) is 14.1. The molecule has 0 saturated carbocycles. The molecule has 1 atom stereocenters. The largest absolute Gasteiger partial charge is 0.497 e. The summed E-state index contributed by atoms with van der Waals surface area (Å²) in [5.41, 5.74) is 8.14. The van der Waals surface area contributed by atoms with Crippen molar-refractivity contribution >= 4 is 22.6 Å². The highest BCUT2D eigenvalue weighted by Gasteiger charge is 2.15. The summed E-state index contributed by atoms with van der Waals surface area (Å²) in [5.74, 6) is 2.04. The molecule has 0 aliphatic heterocycles. The van der Waals surface area contributed by atoms with Crippen LogP contribution in [-0.2, 0) is 0 Å². The van der Waals surface area contributed by atoms with Crippen LogP contribution in [0.5, 0.6) is 5.75 Å². The van der Waals surface area contributed by atoms with Gasteiger partial charge in [0.1, 0.15) is 11.6 Å². The normalized spacial score (nSPS) is 12.1. The van der Waals surface area contributed by atoms with Gasteiger partial charge in [-0.2, -0.15) is 5.10 Å². The first kappa shape index (κ1) is 15.0. The highest BCUT2D eigenvalue weighted by molar-refractivity contribution is 14.1. The number of benzene rings is 2. The Hall–Kier alpha value is -1.93. The molecule has 3 aromatic rings. The molecule has 0 fully saturated rings. The van der Waals surface area contributed by atoms with Gasteiger partial charge >= 0.3 is 0 Å². The van der Waals surface area contributed by atoms with E-state index in [1.54, 1.807) is 7.11 Å². The molecule has 0 bridgehead atoms. The standard InChI is InChI=1S/C16H15IN4O/c1-22-13-4-2-3-11(9-13)14(18)16-19-15(20-21-16)10-5-7-12(17)8-6-10/h2-9,14H,18H2,1H3,(H,19,20,21). The van der Waals surface area contributed by atoms with Gasteiger partial charge in [-0.1, -0.05) is 24.3 Å². The van der Waals surface area contributed by atoms with Gasteiger partial charge in [-0.25, -0.2) is 4.98 Å². The number of methoxy groups -OCH3 is 1. The van der Waals surface area contributed by atoms with Crippen molar-refractivity contribution in [3.63, 3.8) is 0 Å². The van der Waals surface area contributed by atoms with E-state index in [-0.39, 0.29) is 6.04 Å². The summed E-state index contributed by atoms with van der Waals surface area (Å²) in [4.78, 5) is 4.51. The Labute approximate surface area is 142 Å². The smallest absolute Gasteiger partial charge is 0.181 e. The van der Waals surface area contributed by atoms with Crippen LogP contribution >= 0.6 is 22.6 Å². The summed E-state index contributed by atoms with van der Waals surface area (Å²) in [5, 5.41) is 7.18. The summed E-state index contributed by atoms with van der Waals surface area (Å²) >= 11 is 2.27. The van der Waals surface area contributed by atoms with Gasteiger partial charge in [0.25, 0.3) is 0 Å². The maximum Gasteiger partial charge on any atom is 0.181 e. The number of nitrogens with one attached hydrogen (secondary N) is 1. The molecule has 5 nitrogen and oxygen atoms in total. The molecule has 0 aliphatic carbocycles. The van der Waals surface area contributed by atoms with E-state index in [9.17, 15) is 0 Å². The van der Waals surface area contributed by atoms with E-state index in [1.807, 2.05) is 48.5 Å². The molecule has 3 rings (SSSR count). The SMILES string of the molecule is COc1cccc(C(N)c2nc(-c3ccc(I)cc3)n[nH]2)c1. The first-order valence-corrected chi connectivity index (χ1v) is 7.83. The lowest BCUT2D eigenvalue weighted by Gasteiger charge is -2.09. The number of ether oxygens (including phenoxy) is 1. The summed E-state index contributed by atoms with van der Waals surface area (Å²) in [6.45, 7) is 0. The predicted molar refractivity (Wildman–Crippen MR) is 93.6 cm³/mol. The summed E-state index contributed by atoms with van der Waals surface area (Å²) in [6.07, 6.45) is 0. The number of rotatable bonds is 4. The Morgan fingerprint density at radius 2 is 1.95 bits per heavy atom. The summed E-state index contributed by atoms with van der Waals surface area (Å²) in [7, 11) is 1.63. The Morgan fingerprint density at radius 1 is 1.18 bits per heavy atom. The van der Waals surface area contributed by atoms with Crippen molar-refractivity contribution in [3.05, 3.63) is 63.5 Å². The Kier molecular flexibility index (Phi) is 4.39. The molecule has 2 aromatic carbocycles. The second-order valence-electron chi connectivity index (χ2n) is 4.81. The van der Waals surface area contributed by atoms with Gasteiger partial charge in [0.05, 0.1) is 13.2 Å². The first-order valence-electron chi connectivity index (χ1n) is 6.75. The molecule has 112 valence electrons. The van der Waals surface area contributed by atoms with Crippen molar-refractivity contribution in [3.8, 4) is 17.1 Å². The van der Waals surface area contributed by atoms with Gasteiger partial charge in [-0.05, 0) is 52.4 Å². The molecule has 1 unspecified atom stereocenters. The van der Waals surface area contributed by atoms with Crippen LogP contribution in [-0.4, -0.2) is 22.3 Å². The van der Waals surface area contributed by atoms with E-state index in [2.05, 4.69) is 37.8 Å². The fourth-order valence-corrected chi connectivity index (χ4v) is 2.49. The average Bonchev–Trinajstić information content (AvgIpc) is 3.05. The van der Waals surface area contributed by atoms with Crippen molar-refractivity contribution in [2.24, 2.45) is 5.73 Å². The Morgan fingerprint density at radius 3 is 2.68 bits per heavy atom. The van der Waals surface area contributed by atoms with Crippen molar-refractivity contribution in [1.82, 2.24) is 15.2 Å². The van der Waals surface area contributed by atoms with Crippen LogP contribution in [0.4, 0.5) is 0 Å². The van der Waals surface area contributed by atoms with E-state index in [4.69, 9.17) is 10.5 Å². The number of halogens is 1. The average molecular weight is 406 g/mol. The van der Waals surface area contributed by atoms with Gasteiger partial charge in [0.2, 0.25) is 0 Å². The van der Waals surface area contributed by atoms with Crippen LogP contribution in [0.3, 0.4) is 0 Å². The van der Waals surface area contributed by atoms with Crippen LogP contribution in [0.1, 0.15) is 17.4 Å². The van der Waals surface area contributed by atoms with Crippen LogP contribution in [0, 0.1) is 3.57 Å². The Bertz CT molecular complexity index is 770. The highest BCUT2D eigenvalue weighted by atomic mass is 127. The lowest BCUT2D eigenvalue weighted by molar-refractivity contribution is 0.414. The quantitative estimate of drug-likeness (QED) is 0.653. The third-order valence-electron chi connectivity index (χ3n) is 3.35. The number of hydrogen-bond acceptors (Lipinski definition) is 4. The maximum atomic E-state index is 6.26. The van der Waals surface area contributed by atoms with Crippen LogP contribution < -0.4 is 10.5 Å². The number of H-pyrrole nitrogens is 1. The molecular formula is C16H15IN4O. The number of aromatic amines is 1. The first-order chi connectivity index (χ1) is 10.7. The van der Waals surface area contributed by atoms with E-state index < -0.39 is 0 Å². The minimum Gasteiger partial charge on any atom is -0.497 e. The van der Waals surface area contributed by atoms with Gasteiger partial charge in [0, 0.05) is 9.13 Å². The second-order valence-corrected chi connectivity index (χ2v) is 6.05.